The van der Waals surface area contributed by atoms with Crippen molar-refractivity contribution in [2.45, 2.75) is 19.9 Å². The summed E-state index contributed by atoms with van der Waals surface area (Å²) in [4.78, 5) is 2.14. The van der Waals surface area contributed by atoms with Gasteiger partial charge in [0, 0.05) is 29.3 Å². The Bertz CT molecular complexity index is 409. The molecule has 0 saturated heterocycles. The lowest BCUT2D eigenvalue weighted by Crippen LogP contribution is -2.29. The summed E-state index contributed by atoms with van der Waals surface area (Å²) >= 11 is 3.52. The monoisotopic (exact) mass is 326 g/mol. The predicted octanol–water partition coefficient (Wildman–Crippen LogP) is 3.10. The molecule has 3 nitrogen and oxygen atoms in total. The van der Waals surface area contributed by atoms with Gasteiger partial charge in [0.15, 0.2) is 0 Å². The molecule has 0 spiro atoms. The molecule has 0 aliphatic rings. The number of hydrogen-bond donors (Lipinski definition) is 2. The van der Waals surface area contributed by atoms with Crippen molar-refractivity contribution in [2.24, 2.45) is 0 Å². The summed E-state index contributed by atoms with van der Waals surface area (Å²) in [5.41, 5.74) is 2.37. The molecule has 0 aromatic heterocycles. The van der Waals surface area contributed by atoms with E-state index in [4.69, 9.17) is 0 Å². The Morgan fingerprint density at radius 2 is 2.26 bits per heavy atom. The van der Waals surface area contributed by atoms with Gasteiger partial charge in [-0.05, 0) is 31.2 Å². The molecular weight excluding hydrogens is 304 g/mol. The molecular formula is C15H23BrN2O. The van der Waals surface area contributed by atoms with E-state index in [1.54, 1.807) is 0 Å². The maximum atomic E-state index is 9.22. The van der Waals surface area contributed by atoms with Crippen LogP contribution in [0.3, 0.4) is 0 Å². The molecule has 0 aliphatic heterocycles. The first-order valence-electron chi connectivity index (χ1n) is 6.63. The number of nitrogens with zero attached hydrogens (tertiary/aromatic N) is 1. The summed E-state index contributed by atoms with van der Waals surface area (Å²) in [5, 5.41) is 12.7. The van der Waals surface area contributed by atoms with Gasteiger partial charge < -0.3 is 15.3 Å². The molecule has 106 valence electrons. The van der Waals surface area contributed by atoms with E-state index in [1.165, 1.54) is 5.56 Å². The Balaban J connectivity index is 3.12. The van der Waals surface area contributed by atoms with Crippen LogP contribution < -0.4 is 10.2 Å². The third kappa shape index (κ3) is 4.64. The van der Waals surface area contributed by atoms with Crippen LogP contribution in [0.4, 0.5) is 5.69 Å². The lowest BCUT2D eigenvalue weighted by Gasteiger charge is -2.28. The number of halogens is 1. The minimum Gasteiger partial charge on any atom is -0.395 e. The smallest absolute Gasteiger partial charge is 0.0606 e. The van der Waals surface area contributed by atoms with Crippen LogP contribution in [-0.4, -0.2) is 31.3 Å². The highest BCUT2D eigenvalue weighted by Crippen LogP contribution is 2.29. The third-order valence-corrected chi connectivity index (χ3v) is 3.52. The topological polar surface area (TPSA) is 35.5 Å². The van der Waals surface area contributed by atoms with Crippen LogP contribution in [0.25, 0.3) is 0 Å². The highest BCUT2D eigenvalue weighted by atomic mass is 79.9. The quantitative estimate of drug-likeness (QED) is 0.720. The molecule has 1 aromatic carbocycles. The van der Waals surface area contributed by atoms with Gasteiger partial charge in [0.2, 0.25) is 0 Å². The second kappa shape index (κ2) is 8.35. The van der Waals surface area contributed by atoms with Crippen molar-refractivity contribution in [2.75, 3.05) is 31.1 Å². The Morgan fingerprint density at radius 1 is 1.53 bits per heavy atom. The van der Waals surface area contributed by atoms with Gasteiger partial charge in [0.25, 0.3) is 0 Å². The molecule has 0 heterocycles. The summed E-state index contributed by atoms with van der Waals surface area (Å²) < 4.78 is 1.04. The highest BCUT2D eigenvalue weighted by Gasteiger charge is 2.14. The van der Waals surface area contributed by atoms with E-state index < -0.39 is 0 Å². The number of anilines is 1. The minimum atomic E-state index is 0.134. The predicted molar refractivity (Wildman–Crippen MR) is 85.7 cm³/mol. The summed E-state index contributed by atoms with van der Waals surface area (Å²) in [5.74, 6) is 0. The van der Waals surface area contributed by atoms with Crippen molar-refractivity contribution in [3.05, 3.63) is 40.9 Å². The van der Waals surface area contributed by atoms with Crippen molar-refractivity contribution >= 4 is 21.6 Å². The molecule has 1 unspecified atom stereocenters. The number of benzene rings is 1. The number of aliphatic hydroxyl groups is 1. The van der Waals surface area contributed by atoms with E-state index in [0.717, 1.165) is 23.2 Å². The fourth-order valence-electron chi connectivity index (χ4n) is 2.16. The molecule has 0 saturated carbocycles. The van der Waals surface area contributed by atoms with Crippen LogP contribution >= 0.6 is 15.9 Å². The number of rotatable bonds is 8. The van der Waals surface area contributed by atoms with Crippen LogP contribution in [0.15, 0.2) is 35.3 Å². The van der Waals surface area contributed by atoms with Gasteiger partial charge in [-0.1, -0.05) is 35.0 Å². The molecule has 1 atom stereocenters. The molecule has 0 bridgehead atoms. The van der Waals surface area contributed by atoms with Crippen molar-refractivity contribution < 1.29 is 5.11 Å². The van der Waals surface area contributed by atoms with E-state index in [2.05, 4.69) is 64.8 Å². The first kappa shape index (κ1) is 16.2. The minimum absolute atomic E-state index is 0.134. The molecule has 0 fully saturated rings. The van der Waals surface area contributed by atoms with Crippen LogP contribution in [0, 0.1) is 0 Å². The summed E-state index contributed by atoms with van der Waals surface area (Å²) in [6.45, 7) is 10.4. The first-order chi connectivity index (χ1) is 9.13. The highest BCUT2D eigenvalue weighted by molar-refractivity contribution is 9.10. The van der Waals surface area contributed by atoms with Gasteiger partial charge in [-0.3, -0.25) is 0 Å². The van der Waals surface area contributed by atoms with E-state index >= 15 is 0 Å². The zero-order valence-electron chi connectivity index (χ0n) is 11.7. The van der Waals surface area contributed by atoms with E-state index in [9.17, 15) is 5.11 Å². The normalized spacial score (nSPS) is 12.2. The SMILES string of the molecule is C=CCN(CCO)c1cc(Br)ccc1C(C)NCC. The van der Waals surface area contributed by atoms with Crippen molar-refractivity contribution in [3.63, 3.8) is 0 Å². The van der Waals surface area contributed by atoms with Crippen LogP contribution in [0.2, 0.25) is 0 Å². The van der Waals surface area contributed by atoms with Gasteiger partial charge in [-0.15, -0.1) is 6.58 Å². The molecule has 1 aromatic rings. The molecule has 2 N–H and O–H groups in total. The molecule has 0 amide bonds. The zero-order valence-corrected chi connectivity index (χ0v) is 13.3. The average molecular weight is 327 g/mol. The fraction of sp³-hybridized carbons (Fsp3) is 0.467. The Morgan fingerprint density at radius 3 is 2.84 bits per heavy atom. The van der Waals surface area contributed by atoms with Gasteiger partial charge in [-0.25, -0.2) is 0 Å². The average Bonchev–Trinajstić information content (AvgIpc) is 2.38. The van der Waals surface area contributed by atoms with E-state index in [0.29, 0.717) is 6.54 Å². The van der Waals surface area contributed by atoms with Crippen LogP contribution in [-0.2, 0) is 0 Å². The van der Waals surface area contributed by atoms with E-state index in [1.807, 2.05) is 6.08 Å². The van der Waals surface area contributed by atoms with Gasteiger partial charge >= 0.3 is 0 Å². The molecule has 19 heavy (non-hydrogen) atoms. The van der Waals surface area contributed by atoms with Gasteiger partial charge in [0.1, 0.15) is 0 Å². The standard InChI is InChI=1S/C15H23BrN2O/c1-4-8-18(9-10-19)15-11-13(16)6-7-14(15)12(3)17-5-2/h4,6-7,11-12,17,19H,1,5,8-10H2,2-3H3. The van der Waals surface area contributed by atoms with Gasteiger partial charge in [-0.2, -0.15) is 0 Å². The van der Waals surface area contributed by atoms with Crippen LogP contribution in [0.5, 0.6) is 0 Å². The second-order valence-corrected chi connectivity index (χ2v) is 5.36. The maximum absolute atomic E-state index is 9.22. The molecule has 0 aliphatic carbocycles. The first-order valence-corrected chi connectivity index (χ1v) is 7.42. The lowest BCUT2D eigenvalue weighted by atomic mass is 10.0. The Hall–Kier alpha value is -0.840. The molecule has 4 heteroatoms. The summed E-state index contributed by atoms with van der Waals surface area (Å²) in [6, 6.07) is 6.55. The van der Waals surface area contributed by atoms with Crippen molar-refractivity contribution in [3.8, 4) is 0 Å². The Labute approximate surface area is 124 Å². The number of aliphatic hydroxyl groups excluding tert-OH is 1. The zero-order chi connectivity index (χ0) is 14.3. The fourth-order valence-corrected chi connectivity index (χ4v) is 2.51. The largest absolute Gasteiger partial charge is 0.395 e. The van der Waals surface area contributed by atoms with Crippen LogP contribution in [0.1, 0.15) is 25.5 Å². The van der Waals surface area contributed by atoms with E-state index in [-0.39, 0.29) is 12.6 Å². The lowest BCUT2D eigenvalue weighted by molar-refractivity contribution is 0.303. The maximum Gasteiger partial charge on any atom is 0.0606 e. The van der Waals surface area contributed by atoms with Gasteiger partial charge in [0.05, 0.1) is 6.61 Å². The van der Waals surface area contributed by atoms with Crippen molar-refractivity contribution in [1.82, 2.24) is 5.32 Å². The molecule has 1 rings (SSSR count). The second-order valence-electron chi connectivity index (χ2n) is 4.44. The summed E-state index contributed by atoms with van der Waals surface area (Å²) in [6.07, 6.45) is 1.86. The third-order valence-electron chi connectivity index (χ3n) is 3.03. The summed E-state index contributed by atoms with van der Waals surface area (Å²) in [7, 11) is 0. The number of nitrogens with one attached hydrogen (secondary N) is 1. The Kier molecular flexibility index (Phi) is 7.13. The van der Waals surface area contributed by atoms with Crippen molar-refractivity contribution in [1.29, 1.82) is 0 Å². The molecule has 0 radical (unpaired) electrons. The number of hydrogen-bond acceptors (Lipinski definition) is 3.